The van der Waals surface area contributed by atoms with Crippen LogP contribution in [-0.2, 0) is 16.8 Å². The molecule has 1 aliphatic rings. The van der Waals surface area contributed by atoms with Crippen molar-refractivity contribution in [3.63, 3.8) is 0 Å². The van der Waals surface area contributed by atoms with E-state index >= 15 is 0 Å². The van der Waals surface area contributed by atoms with Crippen molar-refractivity contribution < 1.29 is 9.90 Å². The molecular weight excluding hydrogens is 394 g/mol. The van der Waals surface area contributed by atoms with Crippen LogP contribution in [0.1, 0.15) is 49.8 Å². The van der Waals surface area contributed by atoms with Gasteiger partial charge >= 0.3 is 5.97 Å². The van der Waals surface area contributed by atoms with Crippen molar-refractivity contribution >= 4 is 29.1 Å². The van der Waals surface area contributed by atoms with Crippen LogP contribution < -0.4 is 10.6 Å². The Morgan fingerprint density at radius 3 is 2.43 bits per heavy atom. The Bertz CT molecular complexity index is 917. The van der Waals surface area contributed by atoms with Crippen LogP contribution in [0.3, 0.4) is 0 Å². The fourth-order valence-corrected chi connectivity index (χ4v) is 4.98. The van der Waals surface area contributed by atoms with Crippen molar-refractivity contribution in [2.45, 2.75) is 51.1 Å². The molecule has 0 amide bonds. The van der Waals surface area contributed by atoms with Gasteiger partial charge in [-0.3, -0.25) is 0 Å². The number of rotatable bonds is 8. The highest BCUT2D eigenvalue weighted by Gasteiger charge is 2.39. The average molecular weight is 424 g/mol. The summed E-state index contributed by atoms with van der Waals surface area (Å²) in [4.78, 5) is 12.5. The molecule has 1 fully saturated rings. The van der Waals surface area contributed by atoms with Crippen molar-refractivity contribution in [3.8, 4) is 6.07 Å². The lowest BCUT2D eigenvalue weighted by molar-refractivity contribution is -0.142. The molecule has 3 rings (SSSR count). The maximum atomic E-state index is 12.5. The molecule has 0 saturated carbocycles. The molecule has 30 heavy (non-hydrogen) atoms. The third-order valence-electron chi connectivity index (χ3n) is 5.75. The number of aliphatic carboxylic acids is 1. The Labute approximate surface area is 182 Å². The SMILES string of the molecule is CCc1cc(NC2CCSCC2)cc(C(CC)(Nc2ccc(C#N)cc2)C(=O)O)c1. The fraction of sp³-hybridized carbons (Fsp3) is 0.417. The first-order valence-electron chi connectivity index (χ1n) is 10.5. The van der Waals surface area contributed by atoms with Crippen LogP contribution >= 0.6 is 11.8 Å². The molecule has 1 unspecified atom stereocenters. The van der Waals surface area contributed by atoms with E-state index in [4.69, 9.17) is 5.26 Å². The van der Waals surface area contributed by atoms with Crippen molar-refractivity contribution in [2.75, 3.05) is 22.1 Å². The van der Waals surface area contributed by atoms with Crippen LogP contribution in [0.15, 0.2) is 42.5 Å². The molecule has 0 aromatic heterocycles. The summed E-state index contributed by atoms with van der Waals surface area (Å²) in [5.41, 5.74) is 2.82. The number of carbonyl (C=O) groups is 1. The van der Waals surface area contributed by atoms with Gasteiger partial charge in [0.1, 0.15) is 0 Å². The van der Waals surface area contributed by atoms with E-state index in [-0.39, 0.29) is 0 Å². The van der Waals surface area contributed by atoms with Gasteiger partial charge < -0.3 is 15.7 Å². The quantitative estimate of drug-likeness (QED) is 0.539. The van der Waals surface area contributed by atoms with Gasteiger partial charge in [-0.1, -0.05) is 19.9 Å². The third kappa shape index (κ3) is 4.91. The van der Waals surface area contributed by atoms with Gasteiger partial charge in [0.2, 0.25) is 0 Å². The van der Waals surface area contributed by atoms with Crippen LogP contribution in [0.2, 0.25) is 0 Å². The van der Waals surface area contributed by atoms with Gasteiger partial charge in [0.25, 0.3) is 0 Å². The summed E-state index contributed by atoms with van der Waals surface area (Å²) >= 11 is 1.99. The van der Waals surface area contributed by atoms with Crippen molar-refractivity contribution in [3.05, 3.63) is 59.2 Å². The van der Waals surface area contributed by atoms with Gasteiger partial charge in [0.05, 0.1) is 11.6 Å². The third-order valence-corrected chi connectivity index (χ3v) is 6.80. The lowest BCUT2D eigenvalue weighted by Gasteiger charge is -2.32. The molecular formula is C24H29N3O2S. The molecule has 2 aromatic carbocycles. The molecule has 0 bridgehead atoms. The van der Waals surface area contributed by atoms with Crippen LogP contribution in [0, 0.1) is 11.3 Å². The van der Waals surface area contributed by atoms with Crippen LogP contribution in [0.5, 0.6) is 0 Å². The Morgan fingerprint density at radius 1 is 1.17 bits per heavy atom. The molecule has 2 aromatic rings. The summed E-state index contributed by atoms with van der Waals surface area (Å²) in [5, 5.41) is 26.2. The minimum absolute atomic E-state index is 0.384. The number of nitriles is 1. The van der Waals surface area contributed by atoms with Gasteiger partial charge in [-0.15, -0.1) is 0 Å². The van der Waals surface area contributed by atoms with E-state index in [1.165, 1.54) is 0 Å². The average Bonchev–Trinajstić information content (AvgIpc) is 2.78. The molecule has 0 radical (unpaired) electrons. The number of carboxylic acids is 1. The largest absolute Gasteiger partial charge is 0.479 e. The summed E-state index contributed by atoms with van der Waals surface area (Å²) in [5.74, 6) is 1.40. The second-order valence-corrected chi connectivity index (χ2v) is 8.91. The number of carboxylic acid groups (broad SMARTS) is 1. The van der Waals surface area contributed by atoms with Gasteiger partial charge in [-0.2, -0.15) is 17.0 Å². The molecule has 1 aliphatic heterocycles. The molecule has 1 atom stereocenters. The molecule has 5 nitrogen and oxygen atoms in total. The van der Waals surface area contributed by atoms with Crippen molar-refractivity contribution in [2.24, 2.45) is 0 Å². The fourth-order valence-electron chi connectivity index (χ4n) is 3.87. The number of anilines is 2. The maximum absolute atomic E-state index is 12.5. The lowest BCUT2D eigenvalue weighted by Crippen LogP contribution is -2.43. The van der Waals surface area contributed by atoms with E-state index in [1.807, 2.05) is 30.8 Å². The van der Waals surface area contributed by atoms with E-state index in [2.05, 4.69) is 29.7 Å². The predicted molar refractivity (Wildman–Crippen MR) is 124 cm³/mol. The lowest BCUT2D eigenvalue weighted by atomic mass is 9.85. The van der Waals surface area contributed by atoms with Gasteiger partial charge in [-0.05, 0) is 84.7 Å². The minimum Gasteiger partial charge on any atom is -0.479 e. The molecule has 158 valence electrons. The Hall–Kier alpha value is -2.65. The van der Waals surface area contributed by atoms with E-state index < -0.39 is 11.5 Å². The second kappa shape index (κ2) is 9.90. The number of nitrogens with one attached hydrogen (secondary N) is 2. The second-order valence-electron chi connectivity index (χ2n) is 7.68. The normalized spacial score (nSPS) is 16.3. The number of hydrogen-bond donors (Lipinski definition) is 3. The zero-order chi connectivity index (χ0) is 21.6. The summed E-state index contributed by atoms with van der Waals surface area (Å²) in [6.07, 6.45) is 3.46. The molecule has 6 heteroatoms. The van der Waals surface area contributed by atoms with Gasteiger partial charge in [-0.25, -0.2) is 4.79 Å². The number of aryl methyl sites for hydroxylation is 1. The Kier molecular flexibility index (Phi) is 7.28. The topological polar surface area (TPSA) is 85.1 Å². The Morgan fingerprint density at radius 2 is 1.87 bits per heavy atom. The van der Waals surface area contributed by atoms with E-state index in [9.17, 15) is 9.90 Å². The van der Waals surface area contributed by atoms with E-state index in [1.54, 1.807) is 24.3 Å². The minimum atomic E-state index is -1.25. The van der Waals surface area contributed by atoms with Gasteiger partial charge in [0, 0.05) is 17.4 Å². The number of benzene rings is 2. The van der Waals surface area contributed by atoms with Crippen molar-refractivity contribution in [1.29, 1.82) is 5.26 Å². The summed E-state index contributed by atoms with van der Waals surface area (Å²) in [7, 11) is 0. The molecule has 0 spiro atoms. The number of hydrogen-bond acceptors (Lipinski definition) is 5. The Balaban J connectivity index is 1.98. The highest BCUT2D eigenvalue weighted by atomic mass is 32.2. The molecule has 1 heterocycles. The highest BCUT2D eigenvalue weighted by molar-refractivity contribution is 7.99. The zero-order valence-corrected chi connectivity index (χ0v) is 18.4. The van der Waals surface area contributed by atoms with Gasteiger partial charge in [0.15, 0.2) is 5.54 Å². The van der Waals surface area contributed by atoms with Crippen LogP contribution in [0.4, 0.5) is 11.4 Å². The molecule has 0 aliphatic carbocycles. The van der Waals surface area contributed by atoms with Crippen LogP contribution in [-0.4, -0.2) is 28.6 Å². The monoisotopic (exact) mass is 423 g/mol. The molecule has 3 N–H and O–H groups in total. The summed E-state index contributed by atoms with van der Waals surface area (Å²) in [6.45, 7) is 3.97. The standard InChI is InChI=1S/C24H29N3O2S/c1-3-17-13-19(15-22(14-17)26-20-9-11-30-12-10-20)24(4-2,23(28)29)27-21-7-5-18(16-25)6-8-21/h5-8,13-15,20,26-27H,3-4,9-12H2,1-2H3,(H,28,29). The zero-order valence-electron chi connectivity index (χ0n) is 17.6. The van der Waals surface area contributed by atoms with E-state index in [0.717, 1.165) is 47.6 Å². The van der Waals surface area contributed by atoms with Crippen molar-refractivity contribution in [1.82, 2.24) is 0 Å². The number of thioether (sulfide) groups is 1. The first-order valence-corrected chi connectivity index (χ1v) is 11.7. The summed E-state index contributed by atoms with van der Waals surface area (Å²) < 4.78 is 0. The smallest absolute Gasteiger partial charge is 0.334 e. The first-order chi connectivity index (χ1) is 14.5. The van der Waals surface area contributed by atoms with E-state index in [0.29, 0.717) is 23.7 Å². The summed E-state index contributed by atoms with van der Waals surface area (Å²) in [6, 6.07) is 15.5. The maximum Gasteiger partial charge on any atom is 0.334 e. The number of nitrogens with zero attached hydrogens (tertiary/aromatic N) is 1. The first kappa shape index (κ1) is 22.0. The predicted octanol–water partition coefficient (Wildman–Crippen LogP) is 5.23. The highest BCUT2D eigenvalue weighted by Crippen LogP contribution is 2.34. The molecule has 1 saturated heterocycles. The van der Waals surface area contributed by atoms with Crippen LogP contribution in [0.25, 0.3) is 0 Å².